The summed E-state index contributed by atoms with van der Waals surface area (Å²) in [5, 5.41) is 2.91. The molecular weight excluding hydrogens is 354 g/mol. The molecule has 1 aliphatic carbocycles. The van der Waals surface area contributed by atoms with Gasteiger partial charge in [0.1, 0.15) is 0 Å². The van der Waals surface area contributed by atoms with Gasteiger partial charge in [-0.1, -0.05) is 30.3 Å². The van der Waals surface area contributed by atoms with Gasteiger partial charge in [0.15, 0.2) is 0 Å². The molecule has 1 aliphatic heterocycles. The van der Waals surface area contributed by atoms with E-state index in [1.807, 2.05) is 40.1 Å². The smallest absolute Gasteiger partial charge is 0.223 e. The molecule has 1 saturated carbocycles. The second kappa shape index (κ2) is 9.71. The predicted molar refractivity (Wildman–Crippen MR) is 108 cm³/mol. The van der Waals surface area contributed by atoms with Crippen LogP contribution in [0.15, 0.2) is 30.3 Å². The van der Waals surface area contributed by atoms with Crippen LogP contribution in [0.4, 0.5) is 0 Å². The fourth-order valence-corrected chi connectivity index (χ4v) is 3.95. The molecule has 2 aliphatic rings. The van der Waals surface area contributed by atoms with E-state index in [1.54, 1.807) is 6.92 Å². The van der Waals surface area contributed by atoms with Crippen molar-refractivity contribution in [3.8, 4) is 0 Å². The minimum atomic E-state index is -0.0635. The number of hydrogen-bond donors (Lipinski definition) is 1. The van der Waals surface area contributed by atoms with Crippen molar-refractivity contribution in [1.82, 2.24) is 15.1 Å². The Hall–Kier alpha value is -2.37. The van der Waals surface area contributed by atoms with Crippen LogP contribution in [0, 0.1) is 0 Å². The Labute approximate surface area is 167 Å². The van der Waals surface area contributed by atoms with E-state index in [1.165, 1.54) is 5.56 Å². The van der Waals surface area contributed by atoms with E-state index in [-0.39, 0.29) is 36.6 Å². The van der Waals surface area contributed by atoms with E-state index in [0.29, 0.717) is 12.6 Å². The number of carbonyl (C=O) groups excluding carboxylic acids is 3. The molecule has 0 aromatic heterocycles. The highest BCUT2D eigenvalue weighted by molar-refractivity contribution is 5.84. The minimum Gasteiger partial charge on any atom is -0.356 e. The van der Waals surface area contributed by atoms with Crippen molar-refractivity contribution in [3.05, 3.63) is 35.9 Å². The molecule has 3 amide bonds. The molecule has 1 N–H and O–H groups in total. The van der Waals surface area contributed by atoms with Gasteiger partial charge >= 0.3 is 0 Å². The summed E-state index contributed by atoms with van der Waals surface area (Å²) >= 11 is 0. The summed E-state index contributed by atoms with van der Waals surface area (Å²) in [6.07, 6.45) is 5.09. The van der Waals surface area contributed by atoms with Gasteiger partial charge in [-0.25, -0.2) is 0 Å². The van der Waals surface area contributed by atoms with Crippen LogP contribution in [0.2, 0.25) is 0 Å². The van der Waals surface area contributed by atoms with Crippen molar-refractivity contribution in [1.29, 1.82) is 0 Å². The first kappa shape index (κ1) is 20.4. The van der Waals surface area contributed by atoms with Crippen molar-refractivity contribution in [2.24, 2.45) is 0 Å². The molecule has 0 atom stereocenters. The van der Waals surface area contributed by atoms with Gasteiger partial charge in [0.2, 0.25) is 17.7 Å². The molecule has 6 nitrogen and oxygen atoms in total. The molecule has 0 radical (unpaired) electrons. The van der Waals surface area contributed by atoms with E-state index in [9.17, 15) is 14.4 Å². The van der Waals surface area contributed by atoms with Crippen LogP contribution < -0.4 is 5.32 Å². The number of rotatable bonds is 8. The Balaban J connectivity index is 1.40. The first-order valence-electron chi connectivity index (χ1n) is 10.4. The minimum absolute atomic E-state index is 0.0635. The van der Waals surface area contributed by atoms with E-state index in [0.717, 1.165) is 45.2 Å². The zero-order chi connectivity index (χ0) is 19.9. The summed E-state index contributed by atoms with van der Waals surface area (Å²) in [5.41, 5.74) is 1.19. The highest BCUT2D eigenvalue weighted by Crippen LogP contribution is 2.32. The zero-order valence-corrected chi connectivity index (χ0v) is 16.7. The van der Waals surface area contributed by atoms with Crippen LogP contribution >= 0.6 is 0 Å². The molecule has 0 bridgehead atoms. The largest absolute Gasteiger partial charge is 0.356 e. The lowest BCUT2D eigenvalue weighted by molar-refractivity contribution is -0.138. The van der Waals surface area contributed by atoms with Gasteiger partial charge in [-0.3, -0.25) is 14.4 Å². The third-order valence-corrected chi connectivity index (χ3v) is 5.68. The molecule has 2 fully saturated rings. The summed E-state index contributed by atoms with van der Waals surface area (Å²) in [4.78, 5) is 40.3. The van der Waals surface area contributed by atoms with E-state index < -0.39 is 0 Å². The van der Waals surface area contributed by atoms with E-state index >= 15 is 0 Å². The van der Waals surface area contributed by atoms with Gasteiger partial charge in [0, 0.05) is 51.5 Å². The van der Waals surface area contributed by atoms with Crippen LogP contribution in [0.3, 0.4) is 0 Å². The van der Waals surface area contributed by atoms with E-state index in [4.69, 9.17) is 0 Å². The molecule has 3 rings (SSSR count). The number of benzene rings is 1. The zero-order valence-electron chi connectivity index (χ0n) is 16.7. The summed E-state index contributed by atoms with van der Waals surface area (Å²) < 4.78 is 0. The molecule has 1 aromatic carbocycles. The van der Waals surface area contributed by atoms with Gasteiger partial charge in [-0.05, 0) is 37.7 Å². The fourth-order valence-electron chi connectivity index (χ4n) is 3.95. The topological polar surface area (TPSA) is 69.7 Å². The summed E-state index contributed by atoms with van der Waals surface area (Å²) in [6, 6.07) is 10.6. The van der Waals surface area contributed by atoms with E-state index in [2.05, 4.69) is 5.32 Å². The van der Waals surface area contributed by atoms with Gasteiger partial charge in [0.25, 0.3) is 0 Å². The number of likely N-dealkylation sites (tertiary alicyclic amines) is 1. The number of hydrogen-bond acceptors (Lipinski definition) is 3. The van der Waals surface area contributed by atoms with Crippen LogP contribution in [0.1, 0.15) is 51.0 Å². The van der Waals surface area contributed by atoms with Gasteiger partial charge in [-0.2, -0.15) is 0 Å². The Morgan fingerprint density at radius 3 is 2.25 bits per heavy atom. The molecular formula is C22H31N3O3. The van der Waals surface area contributed by atoms with Crippen molar-refractivity contribution < 1.29 is 14.4 Å². The molecule has 1 aromatic rings. The lowest BCUT2D eigenvalue weighted by atomic mass is 10.0. The van der Waals surface area contributed by atoms with Gasteiger partial charge in [-0.15, -0.1) is 0 Å². The fraction of sp³-hybridized carbons (Fsp3) is 0.591. The maximum Gasteiger partial charge on any atom is 0.223 e. The standard InChI is InChI=1S/C22H31N3O3/c1-17(26)24-15-12-20(13-16-24)25(19-7-8-19)22(28)10-9-21(27)23-14-11-18-5-3-2-4-6-18/h2-6,19-20H,7-16H2,1H3,(H,23,27). The van der Waals surface area contributed by atoms with Crippen LogP contribution in [-0.2, 0) is 20.8 Å². The highest BCUT2D eigenvalue weighted by atomic mass is 16.2. The Morgan fingerprint density at radius 1 is 1.00 bits per heavy atom. The van der Waals surface area contributed by atoms with Crippen molar-refractivity contribution in [3.63, 3.8) is 0 Å². The molecule has 152 valence electrons. The SMILES string of the molecule is CC(=O)N1CCC(N(C(=O)CCC(=O)NCCc2ccccc2)C2CC2)CC1. The molecule has 0 unspecified atom stereocenters. The average Bonchev–Trinajstić information content (AvgIpc) is 3.53. The summed E-state index contributed by atoms with van der Waals surface area (Å²) in [7, 11) is 0. The molecule has 1 heterocycles. The van der Waals surface area contributed by atoms with Crippen LogP contribution in [-0.4, -0.2) is 59.2 Å². The number of nitrogens with one attached hydrogen (secondary N) is 1. The quantitative estimate of drug-likeness (QED) is 0.745. The first-order valence-corrected chi connectivity index (χ1v) is 10.4. The maximum atomic E-state index is 12.8. The average molecular weight is 386 g/mol. The lowest BCUT2D eigenvalue weighted by Crippen LogP contribution is -2.49. The van der Waals surface area contributed by atoms with Crippen molar-refractivity contribution in [2.75, 3.05) is 19.6 Å². The summed E-state index contributed by atoms with van der Waals surface area (Å²) in [5.74, 6) is 0.128. The Morgan fingerprint density at radius 2 is 1.64 bits per heavy atom. The predicted octanol–water partition coefficient (Wildman–Crippen LogP) is 2.13. The second-order valence-corrected chi connectivity index (χ2v) is 7.85. The van der Waals surface area contributed by atoms with Gasteiger partial charge in [0.05, 0.1) is 0 Å². The highest BCUT2D eigenvalue weighted by Gasteiger charge is 2.38. The maximum absolute atomic E-state index is 12.8. The molecule has 6 heteroatoms. The van der Waals surface area contributed by atoms with Crippen LogP contribution in [0.5, 0.6) is 0 Å². The number of amides is 3. The Kier molecular flexibility index (Phi) is 7.06. The van der Waals surface area contributed by atoms with Crippen LogP contribution in [0.25, 0.3) is 0 Å². The molecule has 0 spiro atoms. The van der Waals surface area contributed by atoms with Crippen molar-refractivity contribution in [2.45, 2.75) is 64.0 Å². The van der Waals surface area contributed by atoms with Crippen molar-refractivity contribution >= 4 is 17.7 Å². The number of piperidine rings is 1. The van der Waals surface area contributed by atoms with Gasteiger partial charge < -0.3 is 15.1 Å². The first-order chi connectivity index (χ1) is 13.5. The molecule has 1 saturated heterocycles. The number of carbonyl (C=O) groups is 3. The second-order valence-electron chi connectivity index (χ2n) is 7.85. The monoisotopic (exact) mass is 385 g/mol. The Bertz CT molecular complexity index is 680. The lowest BCUT2D eigenvalue weighted by Gasteiger charge is -2.38. The third kappa shape index (κ3) is 5.81. The number of nitrogens with zero attached hydrogens (tertiary/aromatic N) is 2. The third-order valence-electron chi connectivity index (χ3n) is 5.68. The normalized spacial score (nSPS) is 17.2. The molecule has 28 heavy (non-hydrogen) atoms. The summed E-state index contributed by atoms with van der Waals surface area (Å²) in [6.45, 7) is 3.63.